The number of aryl methyl sites for hydroxylation is 1. The van der Waals surface area contributed by atoms with Crippen LogP contribution in [0.15, 0.2) is 48.5 Å². The van der Waals surface area contributed by atoms with Gasteiger partial charge in [0, 0.05) is 12.6 Å². The molecule has 1 atom stereocenters. The van der Waals surface area contributed by atoms with Crippen molar-refractivity contribution in [2.45, 2.75) is 46.7 Å². The summed E-state index contributed by atoms with van der Waals surface area (Å²) in [5, 5.41) is 3.62. The maximum Gasteiger partial charge on any atom is 0.0297 e. The van der Waals surface area contributed by atoms with Gasteiger partial charge in [-0.1, -0.05) is 62.4 Å². The van der Waals surface area contributed by atoms with Crippen LogP contribution in [0.5, 0.6) is 0 Å². The zero-order valence-electron chi connectivity index (χ0n) is 13.7. The van der Waals surface area contributed by atoms with E-state index in [0.29, 0.717) is 6.04 Å². The molecule has 1 heteroatoms. The van der Waals surface area contributed by atoms with Gasteiger partial charge in [-0.3, -0.25) is 0 Å². The smallest absolute Gasteiger partial charge is 0.0297 e. The van der Waals surface area contributed by atoms with Crippen LogP contribution in [-0.2, 0) is 13.0 Å². The molecule has 112 valence electrons. The van der Waals surface area contributed by atoms with E-state index < -0.39 is 0 Å². The number of nitrogens with one attached hydrogen (secondary N) is 1. The van der Waals surface area contributed by atoms with Gasteiger partial charge in [0.2, 0.25) is 0 Å². The molecule has 2 aromatic rings. The van der Waals surface area contributed by atoms with Crippen LogP contribution in [0.1, 0.15) is 49.1 Å². The Hall–Kier alpha value is -1.60. The Morgan fingerprint density at radius 1 is 0.857 bits per heavy atom. The largest absolute Gasteiger partial charge is 0.306 e. The van der Waals surface area contributed by atoms with Crippen LogP contribution >= 0.6 is 0 Å². The third kappa shape index (κ3) is 4.71. The monoisotopic (exact) mass is 281 g/mol. The lowest BCUT2D eigenvalue weighted by molar-refractivity contribution is 0.572. The van der Waals surface area contributed by atoms with Crippen LogP contribution in [0.3, 0.4) is 0 Å². The molecule has 0 aliphatic heterocycles. The van der Waals surface area contributed by atoms with E-state index in [1.165, 1.54) is 22.3 Å². The highest BCUT2D eigenvalue weighted by Gasteiger charge is 2.07. The van der Waals surface area contributed by atoms with Crippen LogP contribution < -0.4 is 5.32 Å². The van der Waals surface area contributed by atoms with Gasteiger partial charge in [-0.2, -0.15) is 0 Å². The van der Waals surface area contributed by atoms with Crippen molar-refractivity contribution in [1.29, 1.82) is 0 Å². The van der Waals surface area contributed by atoms with E-state index >= 15 is 0 Å². The summed E-state index contributed by atoms with van der Waals surface area (Å²) in [5.41, 5.74) is 5.52. The molecular weight excluding hydrogens is 254 g/mol. The highest BCUT2D eigenvalue weighted by Crippen LogP contribution is 2.17. The number of hydrogen-bond acceptors (Lipinski definition) is 1. The summed E-state index contributed by atoms with van der Waals surface area (Å²) >= 11 is 0. The lowest BCUT2D eigenvalue weighted by atomic mass is 10.0. The van der Waals surface area contributed by atoms with Gasteiger partial charge in [0.15, 0.2) is 0 Å². The van der Waals surface area contributed by atoms with Gasteiger partial charge in [-0.25, -0.2) is 0 Å². The van der Waals surface area contributed by atoms with E-state index in [1.54, 1.807) is 0 Å². The highest BCUT2D eigenvalue weighted by atomic mass is 14.9. The van der Waals surface area contributed by atoms with Gasteiger partial charge in [0.1, 0.15) is 0 Å². The van der Waals surface area contributed by atoms with Gasteiger partial charge in [0.05, 0.1) is 0 Å². The van der Waals surface area contributed by atoms with Crippen LogP contribution in [-0.4, -0.2) is 0 Å². The van der Waals surface area contributed by atoms with Crippen molar-refractivity contribution in [3.8, 4) is 0 Å². The molecule has 0 radical (unpaired) electrons. The second kappa shape index (κ2) is 7.42. The van der Waals surface area contributed by atoms with Crippen molar-refractivity contribution >= 4 is 0 Å². The summed E-state index contributed by atoms with van der Waals surface area (Å²) in [6.07, 6.45) is 1.16. The maximum absolute atomic E-state index is 3.62. The molecule has 0 saturated heterocycles. The van der Waals surface area contributed by atoms with E-state index in [4.69, 9.17) is 0 Å². The molecule has 0 spiro atoms. The Morgan fingerprint density at radius 2 is 1.48 bits per heavy atom. The van der Waals surface area contributed by atoms with Gasteiger partial charge >= 0.3 is 0 Å². The first-order valence-corrected chi connectivity index (χ1v) is 7.93. The minimum Gasteiger partial charge on any atom is -0.306 e. The number of benzene rings is 2. The molecule has 0 aromatic heterocycles. The first-order valence-electron chi connectivity index (χ1n) is 7.93. The predicted octanol–water partition coefficient (Wildman–Crippen LogP) is 5.04. The lowest BCUT2D eigenvalue weighted by Gasteiger charge is -2.17. The van der Waals surface area contributed by atoms with Gasteiger partial charge in [-0.15, -0.1) is 0 Å². The maximum atomic E-state index is 3.62. The highest BCUT2D eigenvalue weighted by molar-refractivity contribution is 5.28. The third-order valence-electron chi connectivity index (χ3n) is 3.93. The summed E-state index contributed by atoms with van der Waals surface area (Å²) in [5.74, 6) is 0.718. The van der Waals surface area contributed by atoms with E-state index in [9.17, 15) is 0 Å². The first kappa shape index (κ1) is 15.8. The van der Waals surface area contributed by atoms with Crippen molar-refractivity contribution in [3.05, 3.63) is 70.8 Å². The quantitative estimate of drug-likeness (QED) is 0.781. The van der Waals surface area contributed by atoms with Crippen molar-refractivity contribution in [2.75, 3.05) is 0 Å². The molecule has 2 aromatic carbocycles. The van der Waals surface area contributed by atoms with Crippen molar-refractivity contribution < 1.29 is 0 Å². The average molecular weight is 281 g/mol. The van der Waals surface area contributed by atoms with Crippen LogP contribution in [0.4, 0.5) is 0 Å². The van der Waals surface area contributed by atoms with E-state index in [2.05, 4.69) is 81.5 Å². The molecule has 0 amide bonds. The molecule has 0 bridgehead atoms. The van der Waals surface area contributed by atoms with E-state index in [1.807, 2.05) is 0 Å². The number of hydrogen-bond donors (Lipinski definition) is 1. The fourth-order valence-electron chi connectivity index (χ4n) is 2.72. The summed E-state index contributed by atoms with van der Waals surface area (Å²) in [6, 6.07) is 18.0. The van der Waals surface area contributed by atoms with Crippen molar-refractivity contribution in [1.82, 2.24) is 5.32 Å². The molecule has 21 heavy (non-hydrogen) atoms. The normalized spacial score (nSPS) is 12.6. The summed E-state index contributed by atoms with van der Waals surface area (Å²) in [4.78, 5) is 0. The third-order valence-corrected chi connectivity index (χ3v) is 3.93. The Balaban J connectivity index is 1.92. The Labute approximate surface area is 129 Å². The zero-order valence-corrected chi connectivity index (χ0v) is 13.7. The molecule has 0 saturated carbocycles. The number of rotatable bonds is 6. The summed E-state index contributed by atoms with van der Waals surface area (Å²) in [6.45, 7) is 9.85. The SMILES string of the molecule is Cc1ccccc1[C@@H](C)NCc1ccc(CC(C)C)cc1. The molecule has 0 aliphatic carbocycles. The second-order valence-electron chi connectivity index (χ2n) is 6.37. The van der Waals surface area contributed by atoms with Gasteiger partial charge in [-0.05, 0) is 48.4 Å². The predicted molar refractivity (Wildman–Crippen MR) is 91.4 cm³/mol. The van der Waals surface area contributed by atoms with Gasteiger partial charge in [0.25, 0.3) is 0 Å². The molecular formula is C20H27N. The molecule has 0 aliphatic rings. The van der Waals surface area contributed by atoms with Crippen LogP contribution in [0, 0.1) is 12.8 Å². The fraction of sp³-hybridized carbons (Fsp3) is 0.400. The second-order valence-corrected chi connectivity index (χ2v) is 6.37. The standard InChI is InChI=1S/C20H27N/c1-15(2)13-18-9-11-19(12-10-18)14-21-17(4)20-8-6-5-7-16(20)3/h5-12,15,17,21H,13-14H2,1-4H3/t17-/m1/s1. The minimum absolute atomic E-state index is 0.376. The Bertz CT molecular complexity index is 554. The Morgan fingerprint density at radius 3 is 2.10 bits per heavy atom. The van der Waals surface area contributed by atoms with Gasteiger partial charge < -0.3 is 5.32 Å². The van der Waals surface area contributed by atoms with Crippen LogP contribution in [0.25, 0.3) is 0 Å². The van der Waals surface area contributed by atoms with Crippen LogP contribution in [0.2, 0.25) is 0 Å². The van der Waals surface area contributed by atoms with Crippen molar-refractivity contribution in [3.63, 3.8) is 0 Å². The summed E-state index contributed by atoms with van der Waals surface area (Å²) < 4.78 is 0. The molecule has 0 fully saturated rings. The molecule has 1 nitrogen and oxygen atoms in total. The molecule has 2 rings (SSSR count). The van der Waals surface area contributed by atoms with E-state index in [0.717, 1.165) is 18.9 Å². The Kier molecular flexibility index (Phi) is 5.58. The molecule has 0 unspecified atom stereocenters. The van der Waals surface area contributed by atoms with Crippen molar-refractivity contribution in [2.24, 2.45) is 5.92 Å². The molecule has 0 heterocycles. The minimum atomic E-state index is 0.376. The van der Waals surface area contributed by atoms with E-state index in [-0.39, 0.29) is 0 Å². The summed E-state index contributed by atoms with van der Waals surface area (Å²) in [7, 11) is 0. The average Bonchev–Trinajstić information content (AvgIpc) is 2.46. The lowest BCUT2D eigenvalue weighted by Crippen LogP contribution is -2.18. The topological polar surface area (TPSA) is 12.0 Å². The zero-order chi connectivity index (χ0) is 15.2. The first-order chi connectivity index (χ1) is 10.1. The fourth-order valence-corrected chi connectivity index (χ4v) is 2.72. The molecule has 1 N–H and O–H groups in total.